The van der Waals surface area contributed by atoms with E-state index >= 15 is 0 Å². The number of hydrogen-bond donors (Lipinski definition) is 3. The summed E-state index contributed by atoms with van der Waals surface area (Å²) in [4.78, 5) is 27.5. The summed E-state index contributed by atoms with van der Waals surface area (Å²) < 4.78 is 0. The number of nitrogens with zero attached hydrogens (tertiary/aromatic N) is 7. The number of aromatic nitrogens is 5. The Morgan fingerprint density at radius 2 is 1.49 bits per heavy atom. The van der Waals surface area contributed by atoms with Crippen molar-refractivity contribution in [3.05, 3.63) is 72.7 Å². The van der Waals surface area contributed by atoms with Gasteiger partial charge in [0.05, 0.1) is 0 Å². The molecule has 10 nitrogen and oxygen atoms in total. The highest BCUT2D eigenvalue weighted by Crippen LogP contribution is 2.20. The number of aryl methyl sites for hydroxylation is 1. The van der Waals surface area contributed by atoms with E-state index in [9.17, 15) is 0 Å². The first kappa shape index (κ1) is 26.5. The third kappa shape index (κ3) is 7.46. The highest BCUT2D eigenvalue weighted by atomic mass is 15.3. The van der Waals surface area contributed by atoms with E-state index in [-0.39, 0.29) is 0 Å². The van der Waals surface area contributed by atoms with E-state index < -0.39 is 0 Å². The standard InChI is InChI=1S/C29H36N10/c1-21(2)39-19-17-38(18-20-39)16-15-30-23-7-9-24(10-8-23)34-29-32-14-12-27(37-29)35-26-11-13-31-28(36-26)25-6-4-5-22(3)33-25/h4-14,21,30H,15-20H2,1-3H3,(H2,31,32,34,35,36,37). The first-order chi connectivity index (χ1) is 19.0. The molecular formula is C29H36N10. The monoisotopic (exact) mass is 524 g/mol. The van der Waals surface area contributed by atoms with Gasteiger partial charge in [-0.05, 0) is 69.3 Å². The average molecular weight is 525 g/mol. The van der Waals surface area contributed by atoms with Crippen LogP contribution in [0.1, 0.15) is 19.5 Å². The third-order valence-electron chi connectivity index (χ3n) is 6.72. The van der Waals surface area contributed by atoms with Gasteiger partial charge in [-0.25, -0.2) is 19.9 Å². The van der Waals surface area contributed by atoms with E-state index in [4.69, 9.17) is 0 Å². The Balaban J connectivity index is 1.12. The topological polar surface area (TPSA) is 107 Å². The van der Waals surface area contributed by atoms with Gasteiger partial charge in [-0.3, -0.25) is 9.80 Å². The van der Waals surface area contributed by atoms with Crippen LogP contribution in [0.3, 0.4) is 0 Å². The second-order valence-corrected chi connectivity index (χ2v) is 9.92. The summed E-state index contributed by atoms with van der Waals surface area (Å²) >= 11 is 0. The molecule has 1 aromatic carbocycles. The molecule has 0 saturated carbocycles. The van der Waals surface area contributed by atoms with Crippen molar-refractivity contribution >= 4 is 29.0 Å². The molecule has 0 radical (unpaired) electrons. The summed E-state index contributed by atoms with van der Waals surface area (Å²) in [5.74, 6) is 2.31. The van der Waals surface area contributed by atoms with Gasteiger partial charge in [-0.2, -0.15) is 4.98 Å². The fraction of sp³-hybridized carbons (Fsp3) is 0.345. The van der Waals surface area contributed by atoms with Crippen LogP contribution >= 0.6 is 0 Å². The summed E-state index contributed by atoms with van der Waals surface area (Å²) in [6.07, 6.45) is 3.41. The molecule has 4 heterocycles. The van der Waals surface area contributed by atoms with Crippen molar-refractivity contribution in [2.45, 2.75) is 26.8 Å². The molecule has 202 valence electrons. The molecule has 0 aliphatic carbocycles. The number of anilines is 5. The Morgan fingerprint density at radius 3 is 2.23 bits per heavy atom. The number of rotatable bonds is 10. The predicted molar refractivity (Wildman–Crippen MR) is 157 cm³/mol. The molecular weight excluding hydrogens is 488 g/mol. The number of nitrogens with one attached hydrogen (secondary N) is 3. The van der Waals surface area contributed by atoms with Gasteiger partial charge in [0.15, 0.2) is 5.82 Å². The summed E-state index contributed by atoms with van der Waals surface area (Å²) in [5.41, 5.74) is 3.66. The Labute approximate surface area is 230 Å². The van der Waals surface area contributed by atoms with Crippen molar-refractivity contribution in [3.63, 3.8) is 0 Å². The summed E-state index contributed by atoms with van der Waals surface area (Å²) in [6.45, 7) is 13.1. The summed E-state index contributed by atoms with van der Waals surface area (Å²) in [6, 6.07) is 18.2. The third-order valence-corrected chi connectivity index (χ3v) is 6.72. The zero-order chi connectivity index (χ0) is 27.0. The highest BCUT2D eigenvalue weighted by molar-refractivity contribution is 5.61. The van der Waals surface area contributed by atoms with Crippen LogP contribution in [0, 0.1) is 6.92 Å². The molecule has 0 spiro atoms. The van der Waals surface area contributed by atoms with Crippen molar-refractivity contribution in [3.8, 4) is 11.5 Å². The van der Waals surface area contributed by atoms with Gasteiger partial charge >= 0.3 is 0 Å². The van der Waals surface area contributed by atoms with E-state index in [2.05, 4.69) is 76.7 Å². The maximum absolute atomic E-state index is 4.59. The second-order valence-electron chi connectivity index (χ2n) is 9.92. The Bertz CT molecular complexity index is 1350. The van der Waals surface area contributed by atoms with Gasteiger partial charge < -0.3 is 16.0 Å². The van der Waals surface area contributed by atoms with Crippen molar-refractivity contribution < 1.29 is 0 Å². The van der Waals surface area contributed by atoms with Crippen molar-refractivity contribution in [1.29, 1.82) is 0 Å². The molecule has 1 saturated heterocycles. The molecule has 1 fully saturated rings. The summed E-state index contributed by atoms with van der Waals surface area (Å²) in [7, 11) is 0. The Morgan fingerprint density at radius 1 is 0.769 bits per heavy atom. The lowest BCUT2D eigenvalue weighted by atomic mass is 10.2. The van der Waals surface area contributed by atoms with E-state index in [1.54, 1.807) is 24.5 Å². The lowest BCUT2D eigenvalue weighted by molar-refractivity contribution is 0.111. The quantitative estimate of drug-likeness (QED) is 0.273. The molecule has 39 heavy (non-hydrogen) atoms. The van der Waals surface area contributed by atoms with Crippen LogP contribution in [-0.2, 0) is 0 Å². The second kappa shape index (κ2) is 12.6. The first-order valence-electron chi connectivity index (χ1n) is 13.5. The van der Waals surface area contributed by atoms with Gasteiger partial charge in [0.1, 0.15) is 17.3 Å². The Hall–Kier alpha value is -4.15. The van der Waals surface area contributed by atoms with Crippen molar-refractivity contribution in [1.82, 2.24) is 34.7 Å². The number of benzene rings is 1. The normalized spacial score (nSPS) is 14.4. The molecule has 0 atom stereocenters. The molecule has 0 bridgehead atoms. The van der Waals surface area contributed by atoms with Gasteiger partial charge in [-0.15, -0.1) is 0 Å². The van der Waals surface area contributed by atoms with Crippen LogP contribution < -0.4 is 16.0 Å². The molecule has 5 rings (SSSR count). The van der Waals surface area contributed by atoms with Crippen LogP contribution in [0.4, 0.5) is 29.0 Å². The number of hydrogen-bond acceptors (Lipinski definition) is 10. The lowest BCUT2D eigenvalue weighted by Crippen LogP contribution is -2.49. The van der Waals surface area contributed by atoms with Crippen molar-refractivity contribution in [2.24, 2.45) is 0 Å². The van der Waals surface area contributed by atoms with E-state index in [1.165, 1.54) is 0 Å². The molecule has 1 aliphatic heterocycles. The van der Waals surface area contributed by atoms with Gasteiger partial charge in [0.25, 0.3) is 0 Å². The summed E-state index contributed by atoms with van der Waals surface area (Å²) in [5, 5.41) is 10.0. The van der Waals surface area contributed by atoms with Gasteiger partial charge in [-0.1, -0.05) is 6.07 Å². The van der Waals surface area contributed by atoms with Gasteiger partial charge in [0.2, 0.25) is 5.95 Å². The van der Waals surface area contributed by atoms with Crippen LogP contribution in [0.2, 0.25) is 0 Å². The number of pyridine rings is 1. The van der Waals surface area contributed by atoms with Crippen LogP contribution in [0.25, 0.3) is 11.5 Å². The Kier molecular flexibility index (Phi) is 8.55. The smallest absolute Gasteiger partial charge is 0.229 e. The largest absolute Gasteiger partial charge is 0.384 e. The minimum atomic E-state index is 0.496. The maximum Gasteiger partial charge on any atom is 0.229 e. The van der Waals surface area contributed by atoms with E-state index in [1.807, 2.05) is 37.3 Å². The fourth-order valence-electron chi connectivity index (χ4n) is 4.50. The minimum Gasteiger partial charge on any atom is -0.384 e. The molecule has 3 N–H and O–H groups in total. The average Bonchev–Trinajstić information content (AvgIpc) is 2.95. The molecule has 4 aromatic rings. The zero-order valence-corrected chi connectivity index (χ0v) is 22.8. The minimum absolute atomic E-state index is 0.496. The van der Waals surface area contributed by atoms with Crippen molar-refractivity contribution in [2.75, 3.05) is 55.2 Å². The van der Waals surface area contributed by atoms with Crippen LogP contribution in [0.5, 0.6) is 0 Å². The predicted octanol–water partition coefficient (Wildman–Crippen LogP) is 4.56. The SMILES string of the molecule is Cc1cccc(-c2nccc(Nc3ccnc(Nc4ccc(NCCN5CCN(C(C)C)CC5)cc4)n3)n2)n1. The van der Waals surface area contributed by atoms with Gasteiger partial charge in [0, 0.05) is 74.8 Å². The van der Waals surface area contributed by atoms with E-state index in [0.29, 0.717) is 29.5 Å². The fourth-order valence-corrected chi connectivity index (χ4v) is 4.50. The van der Waals surface area contributed by atoms with E-state index in [0.717, 1.165) is 62.0 Å². The maximum atomic E-state index is 4.59. The molecule has 3 aromatic heterocycles. The molecule has 10 heteroatoms. The van der Waals surface area contributed by atoms with Crippen LogP contribution in [-0.4, -0.2) is 80.0 Å². The lowest BCUT2D eigenvalue weighted by Gasteiger charge is -2.36. The number of piperazine rings is 1. The molecule has 0 amide bonds. The molecule has 0 unspecified atom stereocenters. The molecule has 1 aliphatic rings. The highest BCUT2D eigenvalue weighted by Gasteiger charge is 2.18. The first-order valence-corrected chi connectivity index (χ1v) is 13.5. The van der Waals surface area contributed by atoms with Crippen LogP contribution in [0.15, 0.2) is 67.0 Å². The zero-order valence-electron chi connectivity index (χ0n) is 22.8.